The second-order valence-corrected chi connectivity index (χ2v) is 5.43. The molecular formula is C14H18N2O. The van der Waals surface area contributed by atoms with Gasteiger partial charge in [-0.15, -0.1) is 0 Å². The zero-order valence-corrected chi connectivity index (χ0v) is 10.1. The summed E-state index contributed by atoms with van der Waals surface area (Å²) in [7, 11) is 0. The van der Waals surface area contributed by atoms with Crippen molar-refractivity contribution >= 4 is 11.7 Å². The molecule has 2 fully saturated rings. The number of nitrogens with zero attached hydrogens (tertiary/aromatic N) is 1. The summed E-state index contributed by atoms with van der Waals surface area (Å²) < 4.78 is 0. The van der Waals surface area contributed by atoms with Gasteiger partial charge in [-0.05, 0) is 50.2 Å². The number of aryl methyl sites for hydroxylation is 1. The molecule has 3 rings (SSSR count). The predicted molar refractivity (Wildman–Crippen MR) is 66.5 cm³/mol. The van der Waals surface area contributed by atoms with Crippen molar-refractivity contribution in [3.63, 3.8) is 0 Å². The summed E-state index contributed by atoms with van der Waals surface area (Å²) in [4.78, 5) is 16.5. The number of pyridine rings is 1. The molecule has 90 valence electrons. The Morgan fingerprint density at radius 3 is 2.88 bits per heavy atom. The number of carbonyl (C=O) groups is 1. The number of rotatable bonds is 2. The monoisotopic (exact) mass is 230 g/mol. The van der Waals surface area contributed by atoms with Crippen molar-refractivity contribution in [3.8, 4) is 0 Å². The lowest BCUT2D eigenvalue weighted by atomic mass is 9.88. The molecular weight excluding hydrogens is 212 g/mol. The van der Waals surface area contributed by atoms with Gasteiger partial charge in [0, 0.05) is 11.6 Å². The number of aromatic nitrogens is 1. The summed E-state index contributed by atoms with van der Waals surface area (Å²) in [5.41, 5.74) is 0.941. The Bertz CT molecular complexity index is 444. The number of anilines is 1. The summed E-state index contributed by atoms with van der Waals surface area (Å²) in [5, 5.41) is 2.96. The molecule has 1 amide bonds. The number of carbonyl (C=O) groups excluding carboxylic acids is 1. The van der Waals surface area contributed by atoms with Gasteiger partial charge in [-0.25, -0.2) is 4.98 Å². The molecule has 0 spiro atoms. The molecule has 0 aliphatic heterocycles. The average molecular weight is 230 g/mol. The molecule has 3 nitrogen and oxygen atoms in total. The molecule has 0 aromatic carbocycles. The summed E-state index contributed by atoms with van der Waals surface area (Å²) in [6.45, 7) is 1.94. The van der Waals surface area contributed by atoms with Gasteiger partial charge in [0.1, 0.15) is 5.82 Å². The molecule has 1 aromatic rings. The number of amides is 1. The SMILES string of the molecule is Cc1cccc(NC(=O)[C@@H]2C[C@H]3CC[C@H]2C3)n1. The number of fused-ring (bicyclic) bond motifs is 2. The van der Waals surface area contributed by atoms with E-state index in [1.54, 1.807) is 0 Å². The van der Waals surface area contributed by atoms with Crippen LogP contribution in [0.5, 0.6) is 0 Å². The Morgan fingerprint density at radius 1 is 1.35 bits per heavy atom. The van der Waals surface area contributed by atoms with Crippen LogP contribution >= 0.6 is 0 Å². The summed E-state index contributed by atoms with van der Waals surface area (Å²) >= 11 is 0. The van der Waals surface area contributed by atoms with E-state index < -0.39 is 0 Å². The van der Waals surface area contributed by atoms with Gasteiger partial charge < -0.3 is 5.32 Å². The van der Waals surface area contributed by atoms with Gasteiger partial charge in [0.05, 0.1) is 0 Å². The molecule has 0 unspecified atom stereocenters. The minimum Gasteiger partial charge on any atom is -0.310 e. The maximum atomic E-state index is 12.2. The fourth-order valence-corrected chi connectivity index (χ4v) is 3.40. The lowest BCUT2D eigenvalue weighted by Crippen LogP contribution is -2.27. The first-order valence-corrected chi connectivity index (χ1v) is 6.47. The van der Waals surface area contributed by atoms with Crippen LogP contribution in [0.25, 0.3) is 0 Å². The van der Waals surface area contributed by atoms with Gasteiger partial charge in [-0.2, -0.15) is 0 Å². The van der Waals surface area contributed by atoms with Crippen molar-refractivity contribution in [2.45, 2.75) is 32.6 Å². The van der Waals surface area contributed by atoms with Crippen LogP contribution in [0.1, 0.15) is 31.4 Å². The maximum Gasteiger partial charge on any atom is 0.228 e. The highest BCUT2D eigenvalue weighted by Crippen LogP contribution is 2.48. The maximum absolute atomic E-state index is 12.2. The Hall–Kier alpha value is -1.38. The highest BCUT2D eigenvalue weighted by Gasteiger charge is 2.43. The van der Waals surface area contributed by atoms with Crippen LogP contribution in [-0.2, 0) is 4.79 Å². The minimum atomic E-state index is 0.176. The first-order valence-electron chi connectivity index (χ1n) is 6.47. The van der Waals surface area contributed by atoms with E-state index in [1.807, 2.05) is 25.1 Å². The molecule has 1 heterocycles. The first kappa shape index (κ1) is 10.8. The van der Waals surface area contributed by atoms with Crippen molar-refractivity contribution < 1.29 is 4.79 Å². The Morgan fingerprint density at radius 2 is 2.24 bits per heavy atom. The predicted octanol–water partition coefficient (Wildman–Crippen LogP) is 2.76. The van der Waals surface area contributed by atoms with E-state index in [2.05, 4.69) is 10.3 Å². The van der Waals surface area contributed by atoms with Gasteiger partial charge in [-0.3, -0.25) is 4.79 Å². The van der Waals surface area contributed by atoms with E-state index >= 15 is 0 Å². The Kier molecular flexibility index (Phi) is 2.61. The van der Waals surface area contributed by atoms with E-state index in [0.717, 1.165) is 18.0 Å². The van der Waals surface area contributed by atoms with Crippen LogP contribution in [0.15, 0.2) is 18.2 Å². The normalized spacial score (nSPS) is 30.5. The summed E-state index contributed by atoms with van der Waals surface area (Å²) in [6.07, 6.45) is 4.92. The van der Waals surface area contributed by atoms with Crippen molar-refractivity contribution in [1.29, 1.82) is 0 Å². The van der Waals surface area contributed by atoms with E-state index in [0.29, 0.717) is 11.7 Å². The van der Waals surface area contributed by atoms with Crippen LogP contribution in [0.2, 0.25) is 0 Å². The third kappa shape index (κ3) is 2.06. The second kappa shape index (κ2) is 4.13. The number of nitrogens with one attached hydrogen (secondary N) is 1. The zero-order chi connectivity index (χ0) is 11.8. The Labute approximate surface area is 102 Å². The molecule has 0 radical (unpaired) electrons. The van der Waals surface area contributed by atoms with Crippen LogP contribution < -0.4 is 5.32 Å². The highest BCUT2D eigenvalue weighted by molar-refractivity contribution is 5.92. The molecule has 3 atom stereocenters. The van der Waals surface area contributed by atoms with Gasteiger partial charge in [0.25, 0.3) is 0 Å². The number of hydrogen-bond acceptors (Lipinski definition) is 2. The van der Waals surface area contributed by atoms with Crippen molar-refractivity contribution in [2.24, 2.45) is 17.8 Å². The standard InChI is InChI=1S/C14H18N2O/c1-9-3-2-4-13(15-9)16-14(17)12-8-10-5-6-11(12)7-10/h2-4,10-12H,5-8H2,1H3,(H,15,16,17)/t10-,11-,12+/m0/s1. The van der Waals surface area contributed by atoms with Crippen LogP contribution in [-0.4, -0.2) is 10.9 Å². The van der Waals surface area contributed by atoms with Crippen molar-refractivity contribution in [2.75, 3.05) is 5.32 Å². The fraction of sp³-hybridized carbons (Fsp3) is 0.571. The molecule has 2 saturated carbocycles. The Balaban J connectivity index is 1.68. The molecule has 0 saturated heterocycles. The van der Waals surface area contributed by atoms with Gasteiger partial charge >= 0.3 is 0 Å². The third-order valence-corrected chi connectivity index (χ3v) is 4.21. The van der Waals surface area contributed by atoms with E-state index in [-0.39, 0.29) is 11.8 Å². The lowest BCUT2D eigenvalue weighted by Gasteiger charge is -2.20. The molecule has 1 aromatic heterocycles. The molecule has 2 aliphatic rings. The van der Waals surface area contributed by atoms with Crippen LogP contribution in [0.4, 0.5) is 5.82 Å². The quantitative estimate of drug-likeness (QED) is 0.848. The second-order valence-electron chi connectivity index (χ2n) is 5.43. The topological polar surface area (TPSA) is 42.0 Å². The molecule has 3 heteroatoms. The molecule has 2 bridgehead atoms. The smallest absolute Gasteiger partial charge is 0.228 e. The summed E-state index contributed by atoms with van der Waals surface area (Å²) in [6, 6.07) is 5.73. The van der Waals surface area contributed by atoms with Crippen molar-refractivity contribution in [3.05, 3.63) is 23.9 Å². The van der Waals surface area contributed by atoms with Crippen molar-refractivity contribution in [1.82, 2.24) is 4.98 Å². The van der Waals surface area contributed by atoms with Crippen LogP contribution in [0.3, 0.4) is 0 Å². The van der Waals surface area contributed by atoms with Gasteiger partial charge in [-0.1, -0.05) is 12.5 Å². The third-order valence-electron chi connectivity index (χ3n) is 4.21. The van der Waals surface area contributed by atoms with E-state index in [9.17, 15) is 4.79 Å². The molecule has 1 N–H and O–H groups in total. The molecule has 2 aliphatic carbocycles. The van der Waals surface area contributed by atoms with E-state index in [1.165, 1.54) is 19.3 Å². The average Bonchev–Trinajstić information content (AvgIpc) is 2.90. The largest absolute Gasteiger partial charge is 0.310 e. The minimum absolute atomic E-state index is 0.176. The van der Waals surface area contributed by atoms with E-state index in [4.69, 9.17) is 0 Å². The van der Waals surface area contributed by atoms with Crippen LogP contribution in [0, 0.1) is 24.7 Å². The zero-order valence-electron chi connectivity index (χ0n) is 10.1. The first-order chi connectivity index (χ1) is 8.22. The molecule has 17 heavy (non-hydrogen) atoms. The fourth-order valence-electron chi connectivity index (χ4n) is 3.40. The highest BCUT2D eigenvalue weighted by atomic mass is 16.2. The van der Waals surface area contributed by atoms with Gasteiger partial charge in [0.2, 0.25) is 5.91 Å². The van der Waals surface area contributed by atoms with Gasteiger partial charge in [0.15, 0.2) is 0 Å². The number of hydrogen-bond donors (Lipinski definition) is 1. The lowest BCUT2D eigenvalue weighted by molar-refractivity contribution is -0.121. The summed E-state index contributed by atoms with van der Waals surface area (Å²) in [5.74, 6) is 2.54.